The predicted octanol–water partition coefficient (Wildman–Crippen LogP) is 2.51. The Morgan fingerprint density at radius 2 is 1.92 bits per heavy atom. The summed E-state index contributed by atoms with van der Waals surface area (Å²) in [5.41, 5.74) is 3.51. The molecule has 3 aromatic rings. The van der Waals surface area contributed by atoms with Gasteiger partial charge in [0.05, 0.1) is 11.4 Å². The standard InChI is InChI=1S/C18H21N5O/c1-14-13-15(2)22(20-14)11-6-10-19-18(24)17-9-12-23(21-17)16-7-4-3-5-8-16/h3-5,7-9,12-13H,6,10-11H2,1-2H3,(H,19,24). The average molecular weight is 323 g/mol. The molecular formula is C18H21N5O. The molecule has 0 bridgehead atoms. The number of nitrogens with one attached hydrogen (secondary N) is 1. The number of nitrogens with zero attached hydrogens (tertiary/aromatic N) is 4. The van der Waals surface area contributed by atoms with Crippen molar-refractivity contribution in [2.75, 3.05) is 6.54 Å². The molecule has 1 amide bonds. The molecule has 1 N–H and O–H groups in total. The van der Waals surface area contributed by atoms with Gasteiger partial charge in [-0.05, 0) is 44.5 Å². The van der Waals surface area contributed by atoms with E-state index in [-0.39, 0.29) is 5.91 Å². The van der Waals surface area contributed by atoms with Crippen LogP contribution in [0.3, 0.4) is 0 Å². The van der Waals surface area contributed by atoms with Crippen LogP contribution in [0.25, 0.3) is 5.69 Å². The molecule has 0 saturated carbocycles. The average Bonchev–Trinajstić information content (AvgIpc) is 3.19. The number of aromatic nitrogens is 4. The van der Waals surface area contributed by atoms with E-state index in [1.807, 2.05) is 48.9 Å². The van der Waals surface area contributed by atoms with E-state index in [1.54, 1.807) is 16.9 Å². The molecule has 2 aromatic heterocycles. The van der Waals surface area contributed by atoms with E-state index < -0.39 is 0 Å². The van der Waals surface area contributed by atoms with Crippen molar-refractivity contribution >= 4 is 5.91 Å². The van der Waals surface area contributed by atoms with E-state index in [1.165, 1.54) is 0 Å². The Balaban J connectivity index is 1.51. The monoisotopic (exact) mass is 323 g/mol. The molecule has 0 radical (unpaired) electrons. The number of hydrogen-bond donors (Lipinski definition) is 1. The minimum absolute atomic E-state index is 0.155. The molecule has 0 atom stereocenters. The summed E-state index contributed by atoms with van der Waals surface area (Å²) in [4.78, 5) is 12.2. The first-order valence-electron chi connectivity index (χ1n) is 8.04. The fraction of sp³-hybridized carbons (Fsp3) is 0.278. The van der Waals surface area contributed by atoms with Crippen LogP contribution in [0.15, 0.2) is 48.7 Å². The highest BCUT2D eigenvalue weighted by atomic mass is 16.1. The Kier molecular flexibility index (Phi) is 4.74. The van der Waals surface area contributed by atoms with Crippen LogP contribution in [0.1, 0.15) is 28.3 Å². The summed E-state index contributed by atoms with van der Waals surface area (Å²) in [6.45, 7) is 5.40. The van der Waals surface area contributed by atoms with E-state index in [9.17, 15) is 4.79 Å². The zero-order chi connectivity index (χ0) is 16.9. The number of para-hydroxylation sites is 1. The van der Waals surface area contributed by atoms with Gasteiger partial charge in [0.1, 0.15) is 0 Å². The number of amides is 1. The predicted molar refractivity (Wildman–Crippen MR) is 92.2 cm³/mol. The Bertz CT molecular complexity index is 819. The van der Waals surface area contributed by atoms with Crippen LogP contribution in [-0.2, 0) is 6.54 Å². The lowest BCUT2D eigenvalue weighted by Crippen LogP contribution is -2.26. The molecule has 24 heavy (non-hydrogen) atoms. The summed E-state index contributed by atoms with van der Waals surface area (Å²) < 4.78 is 3.66. The Morgan fingerprint density at radius 1 is 1.12 bits per heavy atom. The molecule has 124 valence electrons. The normalized spacial score (nSPS) is 10.8. The third-order valence-electron chi connectivity index (χ3n) is 3.78. The van der Waals surface area contributed by atoms with Crippen LogP contribution >= 0.6 is 0 Å². The van der Waals surface area contributed by atoms with Crippen LogP contribution in [0.5, 0.6) is 0 Å². The lowest BCUT2D eigenvalue weighted by Gasteiger charge is -2.05. The van der Waals surface area contributed by atoms with Gasteiger partial charge in [0.2, 0.25) is 0 Å². The number of rotatable bonds is 6. The third kappa shape index (κ3) is 3.71. The van der Waals surface area contributed by atoms with Crippen LogP contribution in [0, 0.1) is 13.8 Å². The van der Waals surface area contributed by atoms with Gasteiger partial charge in [-0.1, -0.05) is 18.2 Å². The first-order chi connectivity index (χ1) is 11.6. The topological polar surface area (TPSA) is 64.7 Å². The summed E-state index contributed by atoms with van der Waals surface area (Å²) in [5, 5.41) is 11.6. The van der Waals surface area contributed by atoms with Gasteiger partial charge < -0.3 is 5.32 Å². The second-order valence-electron chi connectivity index (χ2n) is 5.74. The van der Waals surface area contributed by atoms with Crippen molar-refractivity contribution in [2.24, 2.45) is 0 Å². The van der Waals surface area contributed by atoms with Crippen molar-refractivity contribution in [3.8, 4) is 5.69 Å². The molecule has 0 unspecified atom stereocenters. The van der Waals surface area contributed by atoms with E-state index >= 15 is 0 Å². The van der Waals surface area contributed by atoms with Crippen molar-refractivity contribution in [2.45, 2.75) is 26.8 Å². The molecule has 0 fully saturated rings. The first kappa shape index (κ1) is 16.0. The van der Waals surface area contributed by atoms with Crippen molar-refractivity contribution in [1.82, 2.24) is 24.9 Å². The highest BCUT2D eigenvalue weighted by Crippen LogP contribution is 2.07. The molecule has 3 rings (SSSR count). The summed E-state index contributed by atoms with van der Waals surface area (Å²) in [7, 11) is 0. The van der Waals surface area contributed by atoms with E-state index in [0.29, 0.717) is 12.2 Å². The highest BCUT2D eigenvalue weighted by Gasteiger charge is 2.09. The smallest absolute Gasteiger partial charge is 0.271 e. The Labute approximate surface area is 141 Å². The third-order valence-corrected chi connectivity index (χ3v) is 3.78. The molecule has 2 heterocycles. The lowest BCUT2D eigenvalue weighted by atomic mass is 10.3. The zero-order valence-corrected chi connectivity index (χ0v) is 13.9. The van der Waals surface area contributed by atoms with Gasteiger partial charge in [-0.15, -0.1) is 0 Å². The van der Waals surface area contributed by atoms with Crippen molar-refractivity contribution in [3.05, 3.63) is 65.7 Å². The van der Waals surface area contributed by atoms with E-state index in [4.69, 9.17) is 0 Å². The van der Waals surface area contributed by atoms with Crippen molar-refractivity contribution in [1.29, 1.82) is 0 Å². The van der Waals surface area contributed by atoms with Crippen LogP contribution in [-0.4, -0.2) is 32.0 Å². The van der Waals surface area contributed by atoms with E-state index in [0.717, 1.165) is 30.0 Å². The van der Waals surface area contributed by atoms with Gasteiger partial charge in [-0.25, -0.2) is 4.68 Å². The number of carbonyl (C=O) groups excluding carboxylic acids is 1. The first-order valence-corrected chi connectivity index (χ1v) is 8.04. The number of benzene rings is 1. The minimum Gasteiger partial charge on any atom is -0.351 e. The summed E-state index contributed by atoms with van der Waals surface area (Å²) >= 11 is 0. The molecular weight excluding hydrogens is 302 g/mol. The maximum Gasteiger partial charge on any atom is 0.271 e. The molecule has 6 heteroatoms. The SMILES string of the molecule is Cc1cc(C)n(CCCNC(=O)c2ccn(-c3ccccc3)n2)n1. The molecule has 0 aliphatic rings. The fourth-order valence-electron chi connectivity index (χ4n) is 2.59. The highest BCUT2D eigenvalue weighted by molar-refractivity contribution is 5.92. The van der Waals surface area contributed by atoms with Crippen LogP contribution in [0.4, 0.5) is 0 Å². The molecule has 0 aliphatic carbocycles. The van der Waals surface area contributed by atoms with Gasteiger partial charge >= 0.3 is 0 Å². The summed E-state index contributed by atoms with van der Waals surface area (Å²) in [5.74, 6) is -0.155. The summed E-state index contributed by atoms with van der Waals surface area (Å²) in [6.07, 6.45) is 2.62. The molecule has 0 aliphatic heterocycles. The Morgan fingerprint density at radius 3 is 2.62 bits per heavy atom. The lowest BCUT2D eigenvalue weighted by molar-refractivity contribution is 0.0947. The molecule has 0 saturated heterocycles. The van der Waals surface area contributed by atoms with Gasteiger partial charge in [-0.3, -0.25) is 9.48 Å². The van der Waals surface area contributed by atoms with Crippen molar-refractivity contribution in [3.63, 3.8) is 0 Å². The number of carbonyl (C=O) groups is 1. The van der Waals surface area contributed by atoms with Crippen LogP contribution < -0.4 is 5.32 Å². The van der Waals surface area contributed by atoms with E-state index in [2.05, 4.69) is 21.6 Å². The van der Waals surface area contributed by atoms with Gasteiger partial charge in [-0.2, -0.15) is 10.2 Å². The van der Waals surface area contributed by atoms with Gasteiger partial charge in [0, 0.05) is 25.0 Å². The summed E-state index contributed by atoms with van der Waals surface area (Å²) in [6, 6.07) is 13.5. The largest absolute Gasteiger partial charge is 0.351 e. The molecule has 6 nitrogen and oxygen atoms in total. The van der Waals surface area contributed by atoms with Crippen molar-refractivity contribution < 1.29 is 4.79 Å². The zero-order valence-electron chi connectivity index (χ0n) is 13.9. The minimum atomic E-state index is -0.155. The number of hydrogen-bond acceptors (Lipinski definition) is 3. The van der Waals surface area contributed by atoms with Crippen LogP contribution in [0.2, 0.25) is 0 Å². The molecule has 0 spiro atoms. The molecule has 1 aromatic carbocycles. The maximum atomic E-state index is 12.2. The number of aryl methyl sites for hydroxylation is 3. The van der Waals surface area contributed by atoms with Gasteiger partial charge in [0.15, 0.2) is 5.69 Å². The quantitative estimate of drug-likeness (QED) is 0.709. The fourth-order valence-corrected chi connectivity index (χ4v) is 2.59. The Hall–Kier alpha value is -2.89. The second-order valence-corrected chi connectivity index (χ2v) is 5.74. The maximum absolute atomic E-state index is 12.2. The second kappa shape index (κ2) is 7.12. The van der Waals surface area contributed by atoms with Gasteiger partial charge in [0.25, 0.3) is 5.91 Å².